The molecule has 1 aliphatic heterocycles. The normalized spacial score (nSPS) is 18.5. The zero-order valence-electron chi connectivity index (χ0n) is 17.0. The van der Waals surface area contributed by atoms with Crippen LogP contribution in [0.15, 0.2) is 54.6 Å². The highest BCUT2D eigenvalue weighted by molar-refractivity contribution is 6.09. The Labute approximate surface area is 178 Å². The SMILES string of the molecule is COC(=O)c1ccccc1C(=O)N[C@@H]1C(=O)N([C@@H](CO)c2ccccc2)[C@@H]1C(=O)OC. The van der Waals surface area contributed by atoms with Gasteiger partial charge < -0.3 is 24.8 Å². The predicted molar refractivity (Wildman–Crippen MR) is 108 cm³/mol. The molecule has 0 bridgehead atoms. The average molecular weight is 426 g/mol. The number of β-lactam (4-membered cyclic amide) rings is 1. The molecule has 2 aromatic rings. The maximum Gasteiger partial charge on any atom is 0.338 e. The van der Waals surface area contributed by atoms with Crippen LogP contribution in [0.2, 0.25) is 0 Å². The number of nitrogens with zero attached hydrogens (tertiary/aromatic N) is 1. The van der Waals surface area contributed by atoms with Crippen LogP contribution < -0.4 is 5.32 Å². The number of ether oxygens (including phenoxy) is 2. The Bertz CT molecular complexity index is 992. The molecule has 0 unspecified atom stereocenters. The summed E-state index contributed by atoms with van der Waals surface area (Å²) in [5, 5.41) is 12.4. The predicted octanol–water partition coefficient (Wildman–Crippen LogP) is 0.689. The van der Waals surface area contributed by atoms with Crippen LogP contribution in [0.4, 0.5) is 0 Å². The minimum absolute atomic E-state index is 0.00554. The summed E-state index contributed by atoms with van der Waals surface area (Å²) in [4.78, 5) is 51.3. The molecule has 162 valence electrons. The molecule has 1 heterocycles. The van der Waals surface area contributed by atoms with Crippen molar-refractivity contribution in [2.75, 3.05) is 20.8 Å². The third-order valence-electron chi connectivity index (χ3n) is 5.14. The van der Waals surface area contributed by atoms with E-state index in [0.29, 0.717) is 5.56 Å². The summed E-state index contributed by atoms with van der Waals surface area (Å²) in [6, 6.07) is 11.6. The van der Waals surface area contributed by atoms with Crippen molar-refractivity contribution >= 4 is 23.8 Å². The van der Waals surface area contributed by atoms with Gasteiger partial charge in [-0.05, 0) is 17.7 Å². The van der Waals surface area contributed by atoms with E-state index in [0.717, 1.165) is 0 Å². The second-order valence-corrected chi connectivity index (χ2v) is 6.81. The number of carbonyl (C=O) groups is 4. The first kappa shape index (κ1) is 22.0. The van der Waals surface area contributed by atoms with E-state index >= 15 is 0 Å². The van der Waals surface area contributed by atoms with Crippen molar-refractivity contribution in [3.63, 3.8) is 0 Å². The maximum atomic E-state index is 12.9. The van der Waals surface area contributed by atoms with E-state index in [2.05, 4.69) is 10.1 Å². The van der Waals surface area contributed by atoms with Crippen molar-refractivity contribution in [3.8, 4) is 0 Å². The number of likely N-dealkylation sites (tertiary alicyclic amines) is 1. The maximum absolute atomic E-state index is 12.9. The van der Waals surface area contributed by atoms with Crippen molar-refractivity contribution in [3.05, 3.63) is 71.3 Å². The van der Waals surface area contributed by atoms with Crippen LogP contribution >= 0.6 is 0 Å². The summed E-state index contributed by atoms with van der Waals surface area (Å²) >= 11 is 0. The lowest BCUT2D eigenvalue weighted by atomic mass is 9.89. The van der Waals surface area contributed by atoms with Crippen LogP contribution in [0.3, 0.4) is 0 Å². The molecule has 2 amide bonds. The highest BCUT2D eigenvalue weighted by Gasteiger charge is 2.55. The number of nitrogens with one attached hydrogen (secondary N) is 1. The lowest BCUT2D eigenvalue weighted by molar-refractivity contribution is -0.173. The van der Waals surface area contributed by atoms with Crippen molar-refractivity contribution in [1.29, 1.82) is 0 Å². The number of esters is 2. The van der Waals surface area contributed by atoms with Gasteiger partial charge in [0, 0.05) is 0 Å². The largest absolute Gasteiger partial charge is 0.467 e. The van der Waals surface area contributed by atoms with Crippen molar-refractivity contribution < 1.29 is 33.8 Å². The molecule has 31 heavy (non-hydrogen) atoms. The number of methoxy groups -OCH3 is 2. The number of aliphatic hydroxyl groups is 1. The molecule has 9 heteroatoms. The third-order valence-corrected chi connectivity index (χ3v) is 5.14. The fourth-order valence-corrected chi connectivity index (χ4v) is 3.59. The molecule has 0 aromatic heterocycles. The standard InChI is InChI=1S/C22H22N2O7/c1-30-21(28)15-11-7-6-10-14(15)19(26)23-17-18(22(29)31-2)24(20(17)27)16(12-25)13-8-4-3-5-9-13/h3-11,16-18,25H,12H2,1-2H3,(H,23,26)/t16-,17-,18-/m0/s1. The molecule has 1 fully saturated rings. The molecule has 1 saturated heterocycles. The third kappa shape index (κ3) is 4.13. The van der Waals surface area contributed by atoms with Crippen LogP contribution in [0.25, 0.3) is 0 Å². The number of carbonyl (C=O) groups excluding carboxylic acids is 4. The topological polar surface area (TPSA) is 122 Å². The highest BCUT2D eigenvalue weighted by Crippen LogP contribution is 2.33. The van der Waals surface area contributed by atoms with Crippen LogP contribution in [-0.4, -0.2) is 66.7 Å². The molecular weight excluding hydrogens is 404 g/mol. The second-order valence-electron chi connectivity index (χ2n) is 6.81. The molecule has 3 rings (SSSR count). The van der Waals surface area contributed by atoms with E-state index in [1.165, 1.54) is 31.3 Å². The summed E-state index contributed by atoms with van der Waals surface area (Å²) in [6.45, 7) is -0.422. The van der Waals surface area contributed by atoms with E-state index in [1.54, 1.807) is 42.5 Å². The Morgan fingerprint density at radius 3 is 2.19 bits per heavy atom. The van der Waals surface area contributed by atoms with E-state index in [4.69, 9.17) is 4.74 Å². The summed E-state index contributed by atoms with van der Waals surface area (Å²) in [5.74, 6) is -2.71. The zero-order valence-corrected chi connectivity index (χ0v) is 17.0. The van der Waals surface area contributed by atoms with Gasteiger partial charge in [0.25, 0.3) is 5.91 Å². The Morgan fingerprint density at radius 2 is 1.61 bits per heavy atom. The highest BCUT2D eigenvalue weighted by atomic mass is 16.5. The molecule has 2 N–H and O–H groups in total. The van der Waals surface area contributed by atoms with Crippen LogP contribution in [0, 0.1) is 0 Å². The first-order chi connectivity index (χ1) is 14.9. The van der Waals surface area contributed by atoms with Crippen LogP contribution in [-0.2, 0) is 19.1 Å². The first-order valence-electron chi connectivity index (χ1n) is 9.48. The number of benzene rings is 2. The summed E-state index contributed by atoms with van der Waals surface area (Å²) in [5.41, 5.74) is 0.664. The lowest BCUT2D eigenvalue weighted by Gasteiger charge is -2.48. The van der Waals surface area contributed by atoms with Crippen LogP contribution in [0.1, 0.15) is 32.3 Å². The van der Waals surface area contributed by atoms with Gasteiger partial charge in [0.1, 0.15) is 6.04 Å². The van der Waals surface area contributed by atoms with Gasteiger partial charge in [-0.15, -0.1) is 0 Å². The van der Waals surface area contributed by atoms with Gasteiger partial charge in [0.05, 0.1) is 38.0 Å². The van der Waals surface area contributed by atoms with E-state index in [-0.39, 0.29) is 11.1 Å². The molecule has 1 aliphatic rings. The Balaban J connectivity index is 1.87. The first-order valence-corrected chi connectivity index (χ1v) is 9.48. The quantitative estimate of drug-likeness (QED) is 0.493. The van der Waals surface area contributed by atoms with Gasteiger partial charge in [-0.3, -0.25) is 9.59 Å². The number of amides is 2. The Kier molecular flexibility index (Phi) is 6.66. The Hall–Kier alpha value is -3.72. The number of aliphatic hydroxyl groups excluding tert-OH is 1. The Morgan fingerprint density at radius 1 is 1.00 bits per heavy atom. The molecule has 0 saturated carbocycles. The smallest absolute Gasteiger partial charge is 0.338 e. The molecule has 2 aromatic carbocycles. The second kappa shape index (κ2) is 9.40. The van der Waals surface area contributed by atoms with Gasteiger partial charge >= 0.3 is 11.9 Å². The van der Waals surface area contributed by atoms with Crippen LogP contribution in [0.5, 0.6) is 0 Å². The summed E-state index contributed by atoms with van der Waals surface area (Å²) < 4.78 is 9.51. The van der Waals surface area contributed by atoms with Gasteiger partial charge in [-0.1, -0.05) is 42.5 Å². The van der Waals surface area contributed by atoms with Gasteiger partial charge in [0.15, 0.2) is 6.04 Å². The average Bonchev–Trinajstić information content (AvgIpc) is 2.82. The fraction of sp³-hybridized carbons (Fsp3) is 0.273. The molecule has 0 radical (unpaired) electrons. The van der Waals surface area contributed by atoms with Crippen molar-refractivity contribution in [1.82, 2.24) is 10.2 Å². The molecule has 0 aliphatic carbocycles. The summed E-state index contributed by atoms with van der Waals surface area (Å²) in [7, 11) is 2.36. The number of rotatable bonds is 7. The van der Waals surface area contributed by atoms with E-state index in [9.17, 15) is 24.3 Å². The van der Waals surface area contributed by atoms with Gasteiger partial charge in [0.2, 0.25) is 5.91 Å². The molecule has 0 spiro atoms. The van der Waals surface area contributed by atoms with E-state index in [1.807, 2.05) is 0 Å². The fourth-order valence-electron chi connectivity index (χ4n) is 3.59. The molecule has 9 nitrogen and oxygen atoms in total. The monoisotopic (exact) mass is 426 g/mol. The number of hydrogen-bond acceptors (Lipinski definition) is 7. The van der Waals surface area contributed by atoms with Gasteiger partial charge in [-0.2, -0.15) is 0 Å². The molecular formula is C22H22N2O7. The minimum atomic E-state index is -1.21. The zero-order chi connectivity index (χ0) is 22.5. The van der Waals surface area contributed by atoms with Crippen molar-refractivity contribution in [2.45, 2.75) is 18.1 Å². The van der Waals surface area contributed by atoms with Gasteiger partial charge in [-0.25, -0.2) is 9.59 Å². The molecule has 3 atom stereocenters. The lowest BCUT2D eigenvalue weighted by Crippen LogP contribution is -2.74. The summed E-state index contributed by atoms with van der Waals surface area (Å²) in [6.07, 6.45) is 0. The van der Waals surface area contributed by atoms with E-state index < -0.39 is 48.5 Å². The number of hydrogen-bond donors (Lipinski definition) is 2. The van der Waals surface area contributed by atoms with Crippen molar-refractivity contribution in [2.24, 2.45) is 0 Å². The minimum Gasteiger partial charge on any atom is -0.467 e.